The van der Waals surface area contributed by atoms with E-state index in [2.05, 4.69) is 4.90 Å². The fourth-order valence-corrected chi connectivity index (χ4v) is 3.67. The molecule has 1 aromatic carbocycles. The Bertz CT molecular complexity index is 476. The highest BCUT2D eigenvalue weighted by atomic mass is 19.1. The number of halogens is 1. The third-order valence-electron chi connectivity index (χ3n) is 4.70. The van der Waals surface area contributed by atoms with Crippen LogP contribution in [0.15, 0.2) is 24.3 Å². The van der Waals surface area contributed by atoms with Crippen molar-refractivity contribution in [2.24, 2.45) is 5.92 Å². The third-order valence-corrected chi connectivity index (χ3v) is 4.70. The molecular weight excluding hydrogens is 253 g/mol. The average molecular weight is 275 g/mol. The maximum absolute atomic E-state index is 13.5. The quantitative estimate of drug-likeness (QED) is 0.834. The van der Waals surface area contributed by atoms with Gasteiger partial charge in [0.1, 0.15) is 5.82 Å². The van der Waals surface area contributed by atoms with Crippen LogP contribution in [-0.2, 0) is 4.79 Å². The summed E-state index contributed by atoms with van der Waals surface area (Å²) in [6, 6.07) is 6.38. The van der Waals surface area contributed by atoms with Gasteiger partial charge in [-0.1, -0.05) is 25.0 Å². The molecule has 1 unspecified atom stereocenters. The van der Waals surface area contributed by atoms with Gasteiger partial charge in [-0.15, -0.1) is 0 Å². The Morgan fingerprint density at radius 2 is 1.85 bits per heavy atom. The minimum absolute atomic E-state index is 0.184. The van der Waals surface area contributed by atoms with Gasteiger partial charge in [-0.25, -0.2) is 4.39 Å². The summed E-state index contributed by atoms with van der Waals surface area (Å²) >= 11 is 0. The van der Waals surface area contributed by atoms with Crippen molar-refractivity contribution in [3.63, 3.8) is 0 Å². The van der Waals surface area contributed by atoms with Gasteiger partial charge < -0.3 is 0 Å². The zero-order valence-electron chi connectivity index (χ0n) is 11.9. The Balaban J connectivity index is 1.88. The first kappa shape index (κ1) is 13.7. The molecule has 20 heavy (non-hydrogen) atoms. The van der Waals surface area contributed by atoms with Gasteiger partial charge in [-0.2, -0.15) is 0 Å². The molecule has 0 spiro atoms. The van der Waals surface area contributed by atoms with Crippen LogP contribution in [0.5, 0.6) is 0 Å². The summed E-state index contributed by atoms with van der Waals surface area (Å²) in [6.07, 6.45) is 6.63. The minimum Gasteiger partial charge on any atom is -0.297 e. The van der Waals surface area contributed by atoms with Crippen molar-refractivity contribution < 1.29 is 9.18 Å². The minimum atomic E-state index is -0.245. The zero-order chi connectivity index (χ0) is 13.9. The van der Waals surface area contributed by atoms with Crippen molar-refractivity contribution >= 4 is 5.78 Å². The standard InChI is InChI=1S/C17H22FNO/c18-15-9-5-8-14(12-15)16(19-10-3-4-11-19)17(20)13-6-1-2-7-13/h5,8-9,12-13,16H,1-4,6-7,10-11H2. The Hall–Kier alpha value is -1.22. The fraction of sp³-hybridized carbons (Fsp3) is 0.588. The molecule has 2 fully saturated rings. The predicted octanol–water partition coefficient (Wildman–Crippen LogP) is 3.72. The molecule has 2 aliphatic rings. The first-order valence-electron chi connectivity index (χ1n) is 7.79. The largest absolute Gasteiger partial charge is 0.297 e. The number of carbonyl (C=O) groups is 1. The molecule has 3 rings (SSSR count). The Morgan fingerprint density at radius 3 is 2.50 bits per heavy atom. The van der Waals surface area contributed by atoms with E-state index < -0.39 is 0 Å². The van der Waals surface area contributed by atoms with Crippen LogP contribution < -0.4 is 0 Å². The topological polar surface area (TPSA) is 20.3 Å². The fourth-order valence-electron chi connectivity index (χ4n) is 3.67. The number of rotatable bonds is 4. The van der Waals surface area contributed by atoms with Gasteiger partial charge >= 0.3 is 0 Å². The SMILES string of the molecule is O=C(C1CCCC1)C(c1cccc(F)c1)N1CCCC1. The highest BCUT2D eigenvalue weighted by Gasteiger charge is 2.35. The summed E-state index contributed by atoms with van der Waals surface area (Å²) in [5, 5.41) is 0. The first-order chi connectivity index (χ1) is 9.75. The van der Waals surface area contributed by atoms with Gasteiger partial charge in [0, 0.05) is 5.92 Å². The van der Waals surface area contributed by atoms with Crippen LogP contribution >= 0.6 is 0 Å². The van der Waals surface area contributed by atoms with Crippen LogP contribution in [-0.4, -0.2) is 23.8 Å². The highest BCUT2D eigenvalue weighted by molar-refractivity contribution is 5.87. The summed E-state index contributed by atoms with van der Waals surface area (Å²) in [5.41, 5.74) is 0.837. The van der Waals surface area contributed by atoms with Crippen LogP contribution in [0.4, 0.5) is 4.39 Å². The maximum Gasteiger partial charge on any atom is 0.157 e. The van der Waals surface area contributed by atoms with Crippen molar-refractivity contribution in [3.05, 3.63) is 35.6 Å². The number of hydrogen-bond donors (Lipinski definition) is 0. The summed E-state index contributed by atoms with van der Waals surface area (Å²) in [7, 11) is 0. The number of carbonyl (C=O) groups excluding carboxylic acids is 1. The Labute approximate surface area is 120 Å². The molecule has 0 aromatic heterocycles. The maximum atomic E-state index is 13.5. The molecule has 1 aromatic rings. The smallest absolute Gasteiger partial charge is 0.157 e. The summed E-state index contributed by atoms with van der Waals surface area (Å²) in [5.74, 6) is 0.254. The number of benzene rings is 1. The first-order valence-corrected chi connectivity index (χ1v) is 7.79. The Morgan fingerprint density at radius 1 is 1.15 bits per heavy atom. The molecule has 1 saturated heterocycles. The molecule has 1 atom stereocenters. The van der Waals surface area contributed by atoms with Crippen molar-refractivity contribution in [1.82, 2.24) is 4.90 Å². The van der Waals surface area contributed by atoms with Gasteiger partial charge in [0.05, 0.1) is 6.04 Å². The van der Waals surface area contributed by atoms with Crippen molar-refractivity contribution in [3.8, 4) is 0 Å². The molecular formula is C17H22FNO. The van der Waals surface area contributed by atoms with E-state index in [0.717, 1.165) is 57.2 Å². The van der Waals surface area contributed by atoms with Gasteiger partial charge in [0.15, 0.2) is 5.78 Å². The van der Waals surface area contributed by atoms with Crippen LogP contribution in [0.1, 0.15) is 50.1 Å². The van der Waals surface area contributed by atoms with Gasteiger partial charge in [0.25, 0.3) is 0 Å². The van der Waals surface area contributed by atoms with E-state index in [-0.39, 0.29) is 17.8 Å². The van der Waals surface area contributed by atoms with E-state index >= 15 is 0 Å². The molecule has 0 N–H and O–H groups in total. The van der Waals surface area contributed by atoms with E-state index in [0.29, 0.717) is 5.78 Å². The van der Waals surface area contributed by atoms with Crippen LogP contribution in [0.3, 0.4) is 0 Å². The second-order valence-electron chi connectivity index (χ2n) is 6.08. The molecule has 0 radical (unpaired) electrons. The van der Waals surface area contributed by atoms with E-state index in [9.17, 15) is 9.18 Å². The third kappa shape index (κ3) is 2.78. The normalized spacial score (nSPS) is 22.2. The summed E-state index contributed by atoms with van der Waals surface area (Å²) < 4.78 is 13.5. The van der Waals surface area contributed by atoms with Crippen LogP contribution in [0, 0.1) is 11.7 Å². The van der Waals surface area contributed by atoms with Gasteiger partial charge in [-0.3, -0.25) is 9.69 Å². The molecule has 0 bridgehead atoms. The second kappa shape index (κ2) is 6.04. The molecule has 0 amide bonds. The molecule has 3 heteroatoms. The molecule has 2 nitrogen and oxygen atoms in total. The molecule has 108 valence electrons. The zero-order valence-corrected chi connectivity index (χ0v) is 11.9. The summed E-state index contributed by atoms with van der Waals surface area (Å²) in [6.45, 7) is 1.92. The van der Waals surface area contributed by atoms with Crippen molar-refractivity contribution in [2.45, 2.75) is 44.6 Å². The van der Waals surface area contributed by atoms with Gasteiger partial charge in [0.2, 0.25) is 0 Å². The number of hydrogen-bond acceptors (Lipinski definition) is 2. The lowest BCUT2D eigenvalue weighted by molar-refractivity contribution is -0.128. The average Bonchev–Trinajstić information content (AvgIpc) is 3.12. The van der Waals surface area contributed by atoms with Gasteiger partial charge in [-0.05, 0) is 56.5 Å². The van der Waals surface area contributed by atoms with Crippen LogP contribution in [0.2, 0.25) is 0 Å². The molecule has 1 aliphatic carbocycles. The monoisotopic (exact) mass is 275 g/mol. The van der Waals surface area contributed by atoms with Crippen molar-refractivity contribution in [1.29, 1.82) is 0 Å². The van der Waals surface area contributed by atoms with Crippen molar-refractivity contribution in [2.75, 3.05) is 13.1 Å². The Kier molecular flexibility index (Phi) is 4.16. The van der Waals surface area contributed by atoms with E-state index in [1.165, 1.54) is 12.1 Å². The summed E-state index contributed by atoms with van der Waals surface area (Å²) in [4.78, 5) is 15.1. The number of nitrogens with zero attached hydrogens (tertiary/aromatic N) is 1. The lowest BCUT2D eigenvalue weighted by atomic mass is 9.91. The predicted molar refractivity (Wildman–Crippen MR) is 76.9 cm³/mol. The highest BCUT2D eigenvalue weighted by Crippen LogP contribution is 2.34. The lowest BCUT2D eigenvalue weighted by Gasteiger charge is -2.29. The lowest BCUT2D eigenvalue weighted by Crippen LogP contribution is -2.35. The van der Waals surface area contributed by atoms with E-state index in [1.807, 2.05) is 6.07 Å². The second-order valence-corrected chi connectivity index (χ2v) is 6.08. The van der Waals surface area contributed by atoms with E-state index in [1.54, 1.807) is 6.07 Å². The van der Waals surface area contributed by atoms with Crippen LogP contribution in [0.25, 0.3) is 0 Å². The number of ketones is 1. The molecule has 1 aliphatic heterocycles. The number of likely N-dealkylation sites (tertiary alicyclic amines) is 1. The van der Waals surface area contributed by atoms with E-state index in [4.69, 9.17) is 0 Å². The number of Topliss-reactive ketones (excluding diaryl/α,β-unsaturated/α-hetero) is 1. The molecule has 1 heterocycles. The molecule has 1 saturated carbocycles.